The van der Waals surface area contributed by atoms with E-state index < -0.39 is 5.97 Å². The van der Waals surface area contributed by atoms with Crippen LogP contribution in [0, 0.1) is 0 Å². The van der Waals surface area contributed by atoms with Gasteiger partial charge in [-0.05, 0) is 31.5 Å². The van der Waals surface area contributed by atoms with Crippen molar-refractivity contribution in [1.82, 2.24) is 9.55 Å². The van der Waals surface area contributed by atoms with E-state index in [-0.39, 0.29) is 11.5 Å². The number of carbonyl (C=O) groups is 1. The van der Waals surface area contributed by atoms with Gasteiger partial charge < -0.3 is 14.4 Å². The van der Waals surface area contributed by atoms with Crippen molar-refractivity contribution < 1.29 is 14.6 Å². The summed E-state index contributed by atoms with van der Waals surface area (Å²) in [6.45, 7) is 7.73. The Labute approximate surface area is 123 Å². The normalized spacial score (nSPS) is 22.3. The van der Waals surface area contributed by atoms with Crippen LogP contribution in [0.1, 0.15) is 49.3 Å². The van der Waals surface area contributed by atoms with Crippen LogP contribution in [-0.2, 0) is 10.3 Å². The minimum Gasteiger partial charge on any atom is -0.478 e. The lowest BCUT2D eigenvalue weighted by atomic mass is 9.99. The summed E-state index contributed by atoms with van der Waals surface area (Å²) in [5, 5.41) is 9.23. The van der Waals surface area contributed by atoms with Gasteiger partial charge in [-0.3, -0.25) is 0 Å². The van der Waals surface area contributed by atoms with Gasteiger partial charge in [0, 0.05) is 12.5 Å². The fourth-order valence-electron chi connectivity index (χ4n) is 3.01. The molecule has 0 bridgehead atoms. The largest absolute Gasteiger partial charge is 0.478 e. The highest BCUT2D eigenvalue weighted by molar-refractivity contribution is 5.92. The van der Waals surface area contributed by atoms with E-state index in [4.69, 9.17) is 9.72 Å². The monoisotopic (exact) mass is 288 g/mol. The Morgan fingerprint density at radius 3 is 2.81 bits per heavy atom. The number of fused-ring (bicyclic) bond motifs is 1. The second-order valence-corrected chi connectivity index (χ2v) is 6.27. The third-order valence-electron chi connectivity index (χ3n) is 4.18. The first-order valence-electron chi connectivity index (χ1n) is 7.26. The molecule has 1 N–H and O–H groups in total. The van der Waals surface area contributed by atoms with Gasteiger partial charge in [-0.15, -0.1) is 0 Å². The number of carboxylic acids is 1. The Balaban J connectivity index is 2.29. The standard InChI is InChI=1S/C16H20N2O3/c1-10(2)14-17-12-5-4-11(15(19)20)8-13(12)18(14)16(3)6-7-21-9-16/h4-5,8,10H,6-7,9H2,1-3H3,(H,19,20). The van der Waals surface area contributed by atoms with Gasteiger partial charge in [0.25, 0.3) is 0 Å². The lowest BCUT2D eigenvalue weighted by Crippen LogP contribution is -2.32. The SMILES string of the molecule is CC(C)c1nc2ccc(C(=O)O)cc2n1C1(C)CCOC1. The van der Waals surface area contributed by atoms with Crippen LogP contribution in [0.5, 0.6) is 0 Å². The first-order chi connectivity index (χ1) is 9.92. The maximum absolute atomic E-state index is 11.2. The zero-order chi connectivity index (χ0) is 15.2. The molecule has 5 heteroatoms. The van der Waals surface area contributed by atoms with Crippen LogP contribution >= 0.6 is 0 Å². The minimum absolute atomic E-state index is 0.161. The molecule has 1 aromatic carbocycles. The predicted octanol–water partition coefficient (Wildman–Crippen LogP) is 2.99. The number of hydrogen-bond acceptors (Lipinski definition) is 3. The van der Waals surface area contributed by atoms with Crippen LogP contribution in [0.25, 0.3) is 11.0 Å². The number of imidazole rings is 1. The zero-order valence-corrected chi connectivity index (χ0v) is 12.6. The van der Waals surface area contributed by atoms with E-state index in [0.29, 0.717) is 12.2 Å². The molecule has 112 valence electrons. The number of benzene rings is 1. The van der Waals surface area contributed by atoms with E-state index >= 15 is 0 Å². The van der Waals surface area contributed by atoms with Gasteiger partial charge in [-0.25, -0.2) is 9.78 Å². The highest BCUT2D eigenvalue weighted by Gasteiger charge is 2.35. The van der Waals surface area contributed by atoms with Crippen LogP contribution in [0.15, 0.2) is 18.2 Å². The Morgan fingerprint density at radius 2 is 2.24 bits per heavy atom. The summed E-state index contributed by atoms with van der Waals surface area (Å²) in [4.78, 5) is 16.0. The molecule has 0 spiro atoms. The molecule has 1 atom stereocenters. The summed E-state index contributed by atoms with van der Waals surface area (Å²) in [7, 11) is 0. The molecule has 21 heavy (non-hydrogen) atoms. The minimum atomic E-state index is -0.913. The molecule has 2 heterocycles. The summed E-state index contributed by atoms with van der Waals surface area (Å²) in [5.74, 6) is 0.340. The topological polar surface area (TPSA) is 64.3 Å². The van der Waals surface area contributed by atoms with E-state index in [1.807, 2.05) is 0 Å². The Hall–Kier alpha value is -1.88. The molecular weight excluding hydrogens is 268 g/mol. The average Bonchev–Trinajstić information content (AvgIpc) is 3.02. The molecule has 1 aromatic heterocycles. The van der Waals surface area contributed by atoms with E-state index in [9.17, 15) is 9.90 Å². The molecule has 1 unspecified atom stereocenters. The summed E-state index contributed by atoms with van der Waals surface area (Å²) in [6.07, 6.45) is 0.912. The summed E-state index contributed by atoms with van der Waals surface area (Å²) in [5.41, 5.74) is 1.86. The molecule has 1 fully saturated rings. The van der Waals surface area contributed by atoms with Crippen molar-refractivity contribution in [2.75, 3.05) is 13.2 Å². The van der Waals surface area contributed by atoms with E-state index in [1.165, 1.54) is 0 Å². The maximum atomic E-state index is 11.2. The van der Waals surface area contributed by atoms with Crippen molar-refractivity contribution in [2.45, 2.75) is 38.6 Å². The third kappa shape index (κ3) is 2.21. The quantitative estimate of drug-likeness (QED) is 0.943. The fraction of sp³-hybridized carbons (Fsp3) is 0.500. The smallest absolute Gasteiger partial charge is 0.335 e. The lowest BCUT2D eigenvalue weighted by Gasteiger charge is -2.28. The molecule has 0 aliphatic carbocycles. The number of carboxylic acid groups (broad SMARTS) is 1. The molecule has 1 aliphatic rings. The Bertz CT molecular complexity index is 697. The molecule has 0 amide bonds. The van der Waals surface area contributed by atoms with Crippen LogP contribution < -0.4 is 0 Å². The third-order valence-corrected chi connectivity index (χ3v) is 4.18. The summed E-state index contributed by atoms with van der Waals surface area (Å²) >= 11 is 0. The molecule has 2 aromatic rings. The maximum Gasteiger partial charge on any atom is 0.335 e. The summed E-state index contributed by atoms with van der Waals surface area (Å²) in [6, 6.07) is 5.13. The van der Waals surface area contributed by atoms with Crippen molar-refractivity contribution in [2.24, 2.45) is 0 Å². The first kappa shape index (κ1) is 14.1. The van der Waals surface area contributed by atoms with E-state index in [2.05, 4.69) is 25.3 Å². The molecule has 3 rings (SSSR count). The van der Waals surface area contributed by atoms with Gasteiger partial charge in [0.1, 0.15) is 5.82 Å². The second kappa shape index (κ2) is 4.84. The zero-order valence-electron chi connectivity index (χ0n) is 12.6. The highest BCUT2D eigenvalue weighted by atomic mass is 16.5. The molecule has 0 saturated carbocycles. The Kier molecular flexibility index (Phi) is 3.24. The number of ether oxygens (including phenoxy) is 1. The van der Waals surface area contributed by atoms with Gasteiger partial charge in [-0.2, -0.15) is 0 Å². The number of aromatic nitrogens is 2. The molecule has 0 radical (unpaired) electrons. The van der Waals surface area contributed by atoms with Crippen LogP contribution in [0.2, 0.25) is 0 Å². The number of rotatable bonds is 3. The van der Waals surface area contributed by atoms with Crippen LogP contribution in [0.3, 0.4) is 0 Å². The number of hydrogen-bond donors (Lipinski definition) is 1. The van der Waals surface area contributed by atoms with Crippen molar-refractivity contribution in [3.63, 3.8) is 0 Å². The number of nitrogens with zero attached hydrogens (tertiary/aromatic N) is 2. The van der Waals surface area contributed by atoms with Gasteiger partial charge in [0.2, 0.25) is 0 Å². The van der Waals surface area contributed by atoms with Gasteiger partial charge >= 0.3 is 5.97 Å². The average molecular weight is 288 g/mol. The predicted molar refractivity (Wildman–Crippen MR) is 79.9 cm³/mol. The highest BCUT2D eigenvalue weighted by Crippen LogP contribution is 2.35. The van der Waals surface area contributed by atoms with Crippen molar-refractivity contribution >= 4 is 17.0 Å². The lowest BCUT2D eigenvalue weighted by molar-refractivity contribution is 0.0697. The molecular formula is C16H20N2O3. The van der Waals surface area contributed by atoms with Crippen LogP contribution in [-0.4, -0.2) is 33.8 Å². The van der Waals surface area contributed by atoms with Crippen molar-refractivity contribution in [3.8, 4) is 0 Å². The van der Waals surface area contributed by atoms with Gasteiger partial charge in [-0.1, -0.05) is 13.8 Å². The van der Waals surface area contributed by atoms with Crippen molar-refractivity contribution in [1.29, 1.82) is 0 Å². The second-order valence-electron chi connectivity index (χ2n) is 6.27. The van der Waals surface area contributed by atoms with Crippen molar-refractivity contribution in [3.05, 3.63) is 29.6 Å². The molecule has 1 saturated heterocycles. The van der Waals surface area contributed by atoms with Crippen LogP contribution in [0.4, 0.5) is 0 Å². The van der Waals surface area contributed by atoms with E-state index in [1.54, 1.807) is 18.2 Å². The van der Waals surface area contributed by atoms with Gasteiger partial charge in [0.05, 0.1) is 28.7 Å². The number of aromatic carboxylic acids is 1. The molecule has 5 nitrogen and oxygen atoms in total. The fourth-order valence-corrected chi connectivity index (χ4v) is 3.01. The van der Waals surface area contributed by atoms with E-state index in [0.717, 1.165) is 29.9 Å². The molecule has 1 aliphatic heterocycles. The van der Waals surface area contributed by atoms with Gasteiger partial charge in [0.15, 0.2) is 0 Å². The Morgan fingerprint density at radius 1 is 1.48 bits per heavy atom. The first-order valence-corrected chi connectivity index (χ1v) is 7.26. The summed E-state index contributed by atoms with van der Waals surface area (Å²) < 4.78 is 7.77.